The first-order valence-corrected chi connectivity index (χ1v) is 10.6. The third kappa shape index (κ3) is 4.59. The first kappa shape index (κ1) is 21.0. The van der Waals surface area contributed by atoms with E-state index in [1.807, 2.05) is 18.2 Å². The largest absolute Gasteiger partial charge is 0.495 e. The molecule has 3 N–H and O–H groups in total. The monoisotopic (exact) mass is 424 g/mol. The molecule has 0 atom stereocenters. The Morgan fingerprint density at radius 1 is 1.13 bits per heavy atom. The van der Waals surface area contributed by atoms with E-state index in [1.165, 1.54) is 0 Å². The molecule has 8 nitrogen and oxygen atoms in total. The second-order valence-electron chi connectivity index (χ2n) is 7.80. The Labute approximate surface area is 180 Å². The molecule has 1 aliphatic rings. The number of hydrogen-bond donors (Lipinski definition) is 2. The summed E-state index contributed by atoms with van der Waals surface area (Å²) >= 11 is 0. The van der Waals surface area contributed by atoms with Crippen molar-refractivity contribution in [1.29, 1.82) is 0 Å². The van der Waals surface area contributed by atoms with Crippen LogP contribution in [0.5, 0.6) is 5.75 Å². The molecule has 3 aromatic rings. The molecule has 4 rings (SSSR count). The minimum Gasteiger partial charge on any atom is -0.495 e. The topological polar surface area (TPSA) is 105 Å². The number of amides is 1. The third-order valence-corrected chi connectivity index (χ3v) is 5.92. The number of nitrogens with zero attached hydrogens (tertiary/aromatic N) is 2. The zero-order valence-electron chi connectivity index (χ0n) is 17.7. The molecule has 1 amide bonds. The second-order valence-corrected chi connectivity index (χ2v) is 7.80. The van der Waals surface area contributed by atoms with E-state index < -0.39 is 11.7 Å². The Balaban J connectivity index is 1.31. The van der Waals surface area contributed by atoms with Crippen molar-refractivity contribution < 1.29 is 13.9 Å². The highest BCUT2D eigenvalue weighted by Crippen LogP contribution is 2.28. The zero-order chi connectivity index (χ0) is 21.8. The highest BCUT2D eigenvalue weighted by atomic mass is 16.5. The lowest BCUT2D eigenvalue weighted by Gasteiger charge is -2.36. The normalized spacial score (nSPS) is 14.8. The van der Waals surface area contributed by atoms with Crippen LogP contribution in [0.4, 0.5) is 5.69 Å². The number of oxazole rings is 1. The van der Waals surface area contributed by atoms with Crippen LogP contribution in [0.25, 0.3) is 11.1 Å². The van der Waals surface area contributed by atoms with Gasteiger partial charge in [-0.2, -0.15) is 0 Å². The molecule has 1 aliphatic heterocycles. The van der Waals surface area contributed by atoms with Crippen LogP contribution in [0.1, 0.15) is 28.8 Å². The molecule has 1 saturated heterocycles. The Morgan fingerprint density at radius 3 is 2.65 bits per heavy atom. The number of piperazine rings is 1. The van der Waals surface area contributed by atoms with Crippen molar-refractivity contribution in [2.24, 2.45) is 5.73 Å². The Kier molecular flexibility index (Phi) is 6.27. The second kappa shape index (κ2) is 9.26. The molecule has 164 valence electrons. The summed E-state index contributed by atoms with van der Waals surface area (Å²) in [7, 11) is 1.71. The van der Waals surface area contributed by atoms with Crippen LogP contribution in [-0.4, -0.2) is 55.6 Å². The van der Waals surface area contributed by atoms with Crippen LogP contribution in [0, 0.1) is 0 Å². The highest BCUT2D eigenvalue weighted by molar-refractivity contribution is 5.98. The number of carbonyl (C=O) groups excluding carboxylic acids is 1. The smallest absolute Gasteiger partial charge is 0.417 e. The lowest BCUT2D eigenvalue weighted by Crippen LogP contribution is -2.46. The SMILES string of the molecule is COc1ccccc1N1CCN(CCCCc2c(C(N)=O)ccc3oc(=O)[nH]c23)CC1. The Hall–Kier alpha value is -3.26. The van der Waals surface area contributed by atoms with Crippen molar-refractivity contribution in [3.8, 4) is 5.75 Å². The predicted octanol–water partition coefficient (Wildman–Crippen LogP) is 2.37. The maximum Gasteiger partial charge on any atom is 0.417 e. The van der Waals surface area contributed by atoms with Gasteiger partial charge in [-0.05, 0) is 55.6 Å². The molecule has 1 aromatic heterocycles. The maximum absolute atomic E-state index is 11.8. The van der Waals surface area contributed by atoms with Gasteiger partial charge in [0.25, 0.3) is 0 Å². The number of methoxy groups -OCH3 is 1. The van der Waals surface area contributed by atoms with E-state index in [2.05, 4.69) is 20.9 Å². The number of nitrogens with two attached hydrogens (primary N) is 1. The van der Waals surface area contributed by atoms with Crippen molar-refractivity contribution in [2.45, 2.75) is 19.3 Å². The van der Waals surface area contributed by atoms with Gasteiger partial charge in [-0.25, -0.2) is 4.79 Å². The summed E-state index contributed by atoms with van der Waals surface area (Å²) in [6, 6.07) is 11.4. The van der Waals surface area contributed by atoms with E-state index in [1.54, 1.807) is 19.2 Å². The predicted molar refractivity (Wildman–Crippen MR) is 120 cm³/mol. The van der Waals surface area contributed by atoms with Gasteiger partial charge >= 0.3 is 5.76 Å². The molecule has 0 aliphatic carbocycles. The lowest BCUT2D eigenvalue weighted by atomic mass is 9.99. The minimum atomic E-state index is -0.522. The molecular formula is C23H28N4O4. The van der Waals surface area contributed by atoms with Gasteiger partial charge in [-0.15, -0.1) is 0 Å². The van der Waals surface area contributed by atoms with Crippen LogP contribution in [0.15, 0.2) is 45.6 Å². The highest BCUT2D eigenvalue weighted by Gasteiger charge is 2.20. The van der Waals surface area contributed by atoms with E-state index in [9.17, 15) is 9.59 Å². The number of primary amides is 1. The number of hydrogen-bond acceptors (Lipinski definition) is 6. The van der Waals surface area contributed by atoms with Gasteiger partial charge in [-0.3, -0.25) is 14.7 Å². The Morgan fingerprint density at radius 2 is 1.90 bits per heavy atom. The number of rotatable bonds is 8. The van der Waals surface area contributed by atoms with Gasteiger partial charge in [0.05, 0.1) is 18.3 Å². The van der Waals surface area contributed by atoms with Crippen molar-refractivity contribution >= 4 is 22.7 Å². The molecule has 1 fully saturated rings. The summed E-state index contributed by atoms with van der Waals surface area (Å²) in [5, 5.41) is 0. The van der Waals surface area contributed by atoms with Gasteiger partial charge in [0.2, 0.25) is 5.91 Å². The van der Waals surface area contributed by atoms with Crippen molar-refractivity contribution in [3.05, 3.63) is 58.1 Å². The summed E-state index contributed by atoms with van der Waals surface area (Å²) in [5.74, 6) is -0.107. The van der Waals surface area contributed by atoms with Crippen LogP contribution >= 0.6 is 0 Å². The summed E-state index contributed by atoms with van der Waals surface area (Å²) in [4.78, 5) is 30.9. The Bertz CT molecular complexity index is 1110. The van der Waals surface area contributed by atoms with E-state index in [0.717, 1.165) is 62.6 Å². The molecule has 2 aromatic carbocycles. The maximum atomic E-state index is 11.8. The number of unbranched alkanes of at least 4 members (excludes halogenated alkanes) is 1. The van der Waals surface area contributed by atoms with E-state index in [-0.39, 0.29) is 0 Å². The van der Waals surface area contributed by atoms with Crippen LogP contribution in [0.2, 0.25) is 0 Å². The lowest BCUT2D eigenvalue weighted by molar-refractivity contribution is 0.0999. The van der Waals surface area contributed by atoms with E-state index in [0.29, 0.717) is 23.1 Å². The molecule has 0 radical (unpaired) electrons. The molecule has 31 heavy (non-hydrogen) atoms. The third-order valence-electron chi connectivity index (χ3n) is 5.92. The van der Waals surface area contributed by atoms with Crippen LogP contribution in [0.3, 0.4) is 0 Å². The van der Waals surface area contributed by atoms with Gasteiger partial charge < -0.3 is 19.8 Å². The van der Waals surface area contributed by atoms with Crippen molar-refractivity contribution in [3.63, 3.8) is 0 Å². The van der Waals surface area contributed by atoms with Crippen LogP contribution < -0.4 is 21.1 Å². The number of ether oxygens (including phenoxy) is 1. The number of aryl methyl sites for hydroxylation is 1. The summed E-state index contributed by atoms with van der Waals surface area (Å²) < 4.78 is 10.6. The van der Waals surface area contributed by atoms with E-state index >= 15 is 0 Å². The summed E-state index contributed by atoms with van der Waals surface area (Å²) in [6.07, 6.45) is 2.54. The average Bonchev–Trinajstić information content (AvgIpc) is 3.17. The quantitative estimate of drug-likeness (QED) is 0.538. The number of anilines is 1. The molecule has 0 unspecified atom stereocenters. The first-order valence-electron chi connectivity index (χ1n) is 10.6. The fourth-order valence-corrected chi connectivity index (χ4v) is 4.31. The van der Waals surface area contributed by atoms with Gasteiger partial charge in [0.15, 0.2) is 5.58 Å². The zero-order valence-corrected chi connectivity index (χ0v) is 17.7. The standard InChI is InChI=1S/C23H28N4O4/c1-30-19-8-3-2-7-18(19)27-14-12-26(13-15-27)11-5-4-6-16-17(22(24)28)9-10-20-21(16)25-23(29)31-20/h2-3,7-10H,4-6,11-15H2,1H3,(H2,24,28)(H,25,29). The van der Waals surface area contributed by atoms with Gasteiger partial charge in [0, 0.05) is 31.7 Å². The number of aromatic amines is 1. The van der Waals surface area contributed by atoms with Gasteiger partial charge in [-0.1, -0.05) is 12.1 Å². The van der Waals surface area contributed by atoms with Gasteiger partial charge in [0.1, 0.15) is 5.75 Å². The van der Waals surface area contributed by atoms with E-state index in [4.69, 9.17) is 14.9 Å². The molecule has 0 spiro atoms. The number of fused-ring (bicyclic) bond motifs is 1. The number of para-hydroxylation sites is 2. The first-order chi connectivity index (χ1) is 15.1. The average molecular weight is 425 g/mol. The fraction of sp³-hybridized carbons (Fsp3) is 0.391. The molecule has 2 heterocycles. The summed E-state index contributed by atoms with van der Waals surface area (Å²) in [6.45, 7) is 4.90. The fourth-order valence-electron chi connectivity index (χ4n) is 4.31. The molecular weight excluding hydrogens is 396 g/mol. The van der Waals surface area contributed by atoms with Crippen LogP contribution in [-0.2, 0) is 6.42 Å². The molecule has 8 heteroatoms. The number of nitrogens with one attached hydrogen (secondary N) is 1. The molecule has 0 saturated carbocycles. The number of H-pyrrole nitrogens is 1. The number of aromatic nitrogens is 1. The summed E-state index contributed by atoms with van der Waals surface area (Å²) in [5.41, 5.74) is 8.91. The van der Waals surface area contributed by atoms with Crippen molar-refractivity contribution in [2.75, 3.05) is 44.7 Å². The number of benzene rings is 2. The minimum absolute atomic E-state index is 0.440. The molecule has 0 bridgehead atoms. The van der Waals surface area contributed by atoms with Crippen molar-refractivity contribution in [1.82, 2.24) is 9.88 Å². The number of carbonyl (C=O) groups is 1.